The van der Waals surface area contributed by atoms with Gasteiger partial charge in [0, 0.05) is 6.04 Å². The lowest BCUT2D eigenvalue weighted by molar-refractivity contribution is 0.415. The first-order valence-electron chi connectivity index (χ1n) is 5.58. The maximum Gasteiger partial charge on any atom is 0.189 e. The molecule has 1 aromatic rings. The van der Waals surface area contributed by atoms with Gasteiger partial charge in [-0.25, -0.2) is 4.99 Å². The third-order valence-electron chi connectivity index (χ3n) is 2.58. The van der Waals surface area contributed by atoms with Crippen molar-refractivity contribution in [3.63, 3.8) is 0 Å². The molecule has 0 saturated heterocycles. The Morgan fingerprint density at radius 2 is 2.35 bits per heavy atom. The summed E-state index contributed by atoms with van der Waals surface area (Å²) < 4.78 is 5.08. The quantitative estimate of drug-likeness (QED) is 0.637. The number of aliphatic imine (C=N–C) groups is 1. The molecule has 1 aromatic carbocycles. The molecule has 0 heterocycles. The molecule has 1 saturated carbocycles. The molecule has 0 aromatic heterocycles. The van der Waals surface area contributed by atoms with E-state index in [1.807, 2.05) is 18.2 Å². The zero-order valence-electron chi connectivity index (χ0n) is 9.74. The minimum atomic E-state index is 0.499. The summed E-state index contributed by atoms with van der Waals surface area (Å²) in [4.78, 5) is 4.26. The van der Waals surface area contributed by atoms with Crippen molar-refractivity contribution in [3.8, 4) is 5.75 Å². The zero-order valence-corrected chi connectivity index (χ0v) is 10.5. The Balaban J connectivity index is 1.95. The van der Waals surface area contributed by atoms with Crippen LogP contribution in [-0.4, -0.2) is 19.1 Å². The molecule has 0 unspecified atom stereocenters. The highest BCUT2D eigenvalue weighted by molar-refractivity contribution is 6.32. The average Bonchev–Trinajstić information content (AvgIpc) is 3.10. The van der Waals surface area contributed by atoms with Crippen LogP contribution in [0.5, 0.6) is 5.75 Å². The van der Waals surface area contributed by atoms with Gasteiger partial charge in [0.15, 0.2) is 5.96 Å². The van der Waals surface area contributed by atoms with Crippen molar-refractivity contribution in [2.24, 2.45) is 10.7 Å². The maximum atomic E-state index is 6.02. The Morgan fingerprint density at radius 1 is 1.59 bits per heavy atom. The van der Waals surface area contributed by atoms with E-state index < -0.39 is 0 Å². The van der Waals surface area contributed by atoms with Gasteiger partial charge in [-0.15, -0.1) is 0 Å². The highest BCUT2D eigenvalue weighted by atomic mass is 35.5. The molecule has 0 atom stereocenters. The number of hydrogen-bond acceptors (Lipinski definition) is 2. The van der Waals surface area contributed by atoms with Gasteiger partial charge < -0.3 is 15.8 Å². The van der Waals surface area contributed by atoms with E-state index in [1.165, 1.54) is 12.8 Å². The van der Waals surface area contributed by atoms with Gasteiger partial charge in [0.25, 0.3) is 0 Å². The van der Waals surface area contributed by atoms with Crippen LogP contribution in [0.1, 0.15) is 18.4 Å². The van der Waals surface area contributed by atoms with Gasteiger partial charge in [-0.1, -0.05) is 17.7 Å². The minimum absolute atomic E-state index is 0.499. The van der Waals surface area contributed by atoms with Gasteiger partial charge in [0.2, 0.25) is 0 Å². The summed E-state index contributed by atoms with van der Waals surface area (Å²) in [5.74, 6) is 1.17. The molecule has 1 aliphatic rings. The van der Waals surface area contributed by atoms with E-state index in [2.05, 4.69) is 10.3 Å². The molecule has 5 heteroatoms. The number of rotatable bonds is 4. The lowest BCUT2D eigenvalue weighted by Crippen LogP contribution is -2.33. The number of guanidine groups is 1. The Hall–Kier alpha value is -1.42. The molecule has 0 spiro atoms. The molecule has 1 aliphatic carbocycles. The Morgan fingerprint density at radius 3 is 2.94 bits per heavy atom. The largest absolute Gasteiger partial charge is 0.495 e. The smallest absolute Gasteiger partial charge is 0.189 e. The van der Waals surface area contributed by atoms with E-state index in [1.54, 1.807) is 7.11 Å². The van der Waals surface area contributed by atoms with E-state index in [4.69, 9.17) is 22.1 Å². The van der Waals surface area contributed by atoms with E-state index >= 15 is 0 Å². The van der Waals surface area contributed by atoms with Crippen molar-refractivity contribution in [1.29, 1.82) is 0 Å². The van der Waals surface area contributed by atoms with Gasteiger partial charge in [0.05, 0.1) is 18.7 Å². The van der Waals surface area contributed by atoms with Crippen LogP contribution in [0.3, 0.4) is 0 Å². The Labute approximate surface area is 106 Å². The average molecular weight is 254 g/mol. The van der Waals surface area contributed by atoms with Crippen molar-refractivity contribution in [2.75, 3.05) is 7.11 Å². The summed E-state index contributed by atoms with van der Waals surface area (Å²) in [6, 6.07) is 6.13. The molecule has 0 radical (unpaired) electrons. The minimum Gasteiger partial charge on any atom is -0.495 e. The fraction of sp³-hybridized carbons (Fsp3) is 0.417. The second-order valence-electron chi connectivity index (χ2n) is 4.09. The van der Waals surface area contributed by atoms with Crippen LogP contribution >= 0.6 is 11.6 Å². The number of benzene rings is 1. The Kier molecular flexibility index (Phi) is 3.74. The predicted molar refractivity (Wildman–Crippen MR) is 69.5 cm³/mol. The molecule has 17 heavy (non-hydrogen) atoms. The monoisotopic (exact) mass is 253 g/mol. The maximum absolute atomic E-state index is 6.02. The van der Waals surface area contributed by atoms with E-state index in [-0.39, 0.29) is 0 Å². The molecular formula is C12H16ClN3O. The first kappa shape index (κ1) is 12.0. The molecule has 4 nitrogen and oxygen atoms in total. The van der Waals surface area contributed by atoms with E-state index in [0.29, 0.717) is 29.3 Å². The van der Waals surface area contributed by atoms with Gasteiger partial charge >= 0.3 is 0 Å². The van der Waals surface area contributed by atoms with Gasteiger partial charge in [-0.05, 0) is 30.5 Å². The highest BCUT2D eigenvalue weighted by Gasteiger charge is 2.21. The summed E-state index contributed by atoms with van der Waals surface area (Å²) in [5, 5.41) is 3.72. The van der Waals surface area contributed by atoms with E-state index in [0.717, 1.165) is 5.56 Å². The number of halogens is 1. The summed E-state index contributed by atoms with van der Waals surface area (Å²) in [7, 11) is 1.59. The Bertz CT molecular complexity index is 430. The number of hydrogen-bond donors (Lipinski definition) is 2. The third kappa shape index (κ3) is 3.53. The SMILES string of the molecule is COc1ccc(CN=C(N)NC2CC2)cc1Cl. The van der Waals surface area contributed by atoms with Crippen molar-refractivity contribution in [2.45, 2.75) is 25.4 Å². The molecule has 0 bridgehead atoms. The molecule has 92 valence electrons. The molecule has 0 aliphatic heterocycles. The normalized spacial score (nSPS) is 15.8. The summed E-state index contributed by atoms with van der Waals surface area (Å²) in [5.41, 5.74) is 6.75. The summed E-state index contributed by atoms with van der Waals surface area (Å²) >= 11 is 6.02. The summed E-state index contributed by atoms with van der Waals surface area (Å²) in [6.07, 6.45) is 2.37. The van der Waals surface area contributed by atoms with E-state index in [9.17, 15) is 0 Å². The number of nitrogens with zero attached hydrogens (tertiary/aromatic N) is 1. The van der Waals surface area contributed by atoms with Crippen LogP contribution < -0.4 is 15.8 Å². The molecule has 1 fully saturated rings. The second kappa shape index (κ2) is 5.27. The highest BCUT2D eigenvalue weighted by Crippen LogP contribution is 2.25. The topological polar surface area (TPSA) is 59.6 Å². The number of ether oxygens (including phenoxy) is 1. The van der Waals surface area contributed by atoms with Gasteiger partial charge in [-0.3, -0.25) is 0 Å². The standard InChI is InChI=1S/C12H16ClN3O/c1-17-11-5-2-8(6-10(11)13)7-15-12(14)16-9-3-4-9/h2,5-6,9H,3-4,7H2,1H3,(H3,14,15,16). The van der Waals surface area contributed by atoms with Crippen LogP contribution in [0.2, 0.25) is 5.02 Å². The number of nitrogens with one attached hydrogen (secondary N) is 1. The fourth-order valence-electron chi connectivity index (χ4n) is 1.47. The van der Waals surface area contributed by atoms with Crippen molar-refractivity contribution in [1.82, 2.24) is 5.32 Å². The summed E-state index contributed by atoms with van der Waals surface area (Å²) in [6.45, 7) is 0.523. The number of nitrogens with two attached hydrogens (primary N) is 1. The van der Waals surface area contributed by atoms with Crippen LogP contribution in [0.4, 0.5) is 0 Å². The lowest BCUT2D eigenvalue weighted by atomic mass is 10.2. The van der Waals surface area contributed by atoms with Gasteiger partial charge in [0.1, 0.15) is 5.75 Å². The third-order valence-corrected chi connectivity index (χ3v) is 2.87. The molecule has 2 rings (SSSR count). The van der Waals surface area contributed by atoms with Crippen molar-refractivity contribution >= 4 is 17.6 Å². The van der Waals surface area contributed by atoms with Crippen molar-refractivity contribution < 1.29 is 4.74 Å². The zero-order chi connectivity index (χ0) is 12.3. The van der Waals surface area contributed by atoms with Gasteiger partial charge in [-0.2, -0.15) is 0 Å². The molecular weight excluding hydrogens is 238 g/mol. The van der Waals surface area contributed by atoms with Crippen molar-refractivity contribution in [3.05, 3.63) is 28.8 Å². The molecule has 3 N–H and O–H groups in total. The molecule has 0 amide bonds. The van der Waals surface area contributed by atoms with Crippen LogP contribution in [-0.2, 0) is 6.54 Å². The first-order valence-corrected chi connectivity index (χ1v) is 5.95. The van der Waals surface area contributed by atoms with Crippen LogP contribution in [0.15, 0.2) is 23.2 Å². The van der Waals surface area contributed by atoms with Crippen LogP contribution in [0, 0.1) is 0 Å². The first-order chi connectivity index (χ1) is 8.19. The predicted octanol–water partition coefficient (Wildman–Crippen LogP) is 1.92. The fourth-order valence-corrected chi connectivity index (χ4v) is 1.75. The number of methoxy groups -OCH3 is 1. The van der Waals surface area contributed by atoms with Crippen LogP contribution in [0.25, 0.3) is 0 Å². The second-order valence-corrected chi connectivity index (χ2v) is 4.50. The lowest BCUT2D eigenvalue weighted by Gasteiger charge is -2.05.